The molecule has 4 saturated heterocycles. The standard InChI is InChI=1S/C24H35N3O3.C20H29N3O.C4H7BrO2.2ClH/c1-2-30-22(28)18-26-15-11-24(12-16-26)13-17-27(23(24)29)14-5-7-20-10-9-19-6-3-4-8-21(19)25-20;24-19-20(9-12-21-13-10-20)11-15-23(19)14-3-5-17-8-7-16-4-1-2-6-18(16)22-17;1-2-7-4(6)3-5;;/h9-10H,2-8,11-18H2,1H3;7-8,21H,1-6,9-15H2;2-3H2,1H3;2*1H. The second-order valence-electron chi connectivity index (χ2n) is 17.9. The molecular formula is C48H73BrCl2N6O6. The number of fused-ring (bicyclic) bond motifs is 2. The fraction of sp³-hybridized carbons (Fsp3) is 0.708. The van der Waals surface area contributed by atoms with Gasteiger partial charge in [-0.1, -0.05) is 28.1 Å². The Labute approximate surface area is 397 Å². The molecule has 4 aliphatic heterocycles. The number of halogens is 3. The van der Waals surface area contributed by atoms with E-state index in [0.29, 0.717) is 36.9 Å². The van der Waals surface area contributed by atoms with Gasteiger partial charge in [-0.2, -0.15) is 0 Å². The Hall–Kier alpha value is -2.84. The van der Waals surface area contributed by atoms with Gasteiger partial charge in [-0.3, -0.25) is 34.0 Å². The van der Waals surface area contributed by atoms with Crippen LogP contribution in [0.5, 0.6) is 0 Å². The van der Waals surface area contributed by atoms with Gasteiger partial charge in [0, 0.05) is 49.0 Å². The van der Waals surface area contributed by atoms with Crippen LogP contribution in [-0.2, 0) is 67.2 Å². The van der Waals surface area contributed by atoms with Crippen LogP contribution >= 0.6 is 40.7 Å². The lowest BCUT2D eigenvalue weighted by Crippen LogP contribution is -2.46. The molecule has 6 aliphatic rings. The van der Waals surface area contributed by atoms with E-state index in [-0.39, 0.29) is 47.6 Å². The highest BCUT2D eigenvalue weighted by Gasteiger charge is 2.48. The molecule has 4 fully saturated rings. The van der Waals surface area contributed by atoms with E-state index in [1.165, 1.54) is 72.4 Å². The summed E-state index contributed by atoms with van der Waals surface area (Å²) in [7, 11) is 0. The number of likely N-dealkylation sites (tertiary alicyclic amines) is 3. The molecular weight excluding hydrogens is 907 g/mol. The van der Waals surface area contributed by atoms with E-state index in [0.717, 1.165) is 129 Å². The maximum atomic E-state index is 13.1. The molecule has 0 bridgehead atoms. The van der Waals surface area contributed by atoms with Gasteiger partial charge in [0.25, 0.3) is 0 Å². The molecule has 0 aromatic carbocycles. The monoisotopic (exact) mass is 978 g/mol. The van der Waals surface area contributed by atoms with Crippen LogP contribution in [0.3, 0.4) is 0 Å². The number of aromatic nitrogens is 2. The highest BCUT2D eigenvalue weighted by molar-refractivity contribution is 9.09. The molecule has 352 valence electrons. The number of piperidine rings is 2. The predicted molar refractivity (Wildman–Crippen MR) is 255 cm³/mol. The van der Waals surface area contributed by atoms with Gasteiger partial charge in [0.15, 0.2) is 0 Å². The van der Waals surface area contributed by atoms with Gasteiger partial charge >= 0.3 is 11.9 Å². The molecule has 8 rings (SSSR count). The number of pyridine rings is 2. The van der Waals surface area contributed by atoms with Crippen LogP contribution in [0.25, 0.3) is 0 Å². The maximum absolute atomic E-state index is 13.1. The van der Waals surface area contributed by atoms with Crippen LogP contribution in [0.1, 0.15) is 125 Å². The van der Waals surface area contributed by atoms with E-state index in [9.17, 15) is 19.2 Å². The molecule has 2 amide bonds. The van der Waals surface area contributed by atoms with Crippen LogP contribution in [0.2, 0.25) is 0 Å². The Balaban J connectivity index is 0.000000238. The summed E-state index contributed by atoms with van der Waals surface area (Å²) in [6.45, 7) is 12.0. The highest BCUT2D eigenvalue weighted by atomic mass is 79.9. The zero-order chi connectivity index (χ0) is 43.1. The van der Waals surface area contributed by atoms with E-state index in [4.69, 9.17) is 14.7 Å². The molecule has 2 aliphatic carbocycles. The molecule has 1 N–H and O–H groups in total. The fourth-order valence-electron chi connectivity index (χ4n) is 10.2. The number of alkyl halides is 1. The van der Waals surface area contributed by atoms with E-state index < -0.39 is 0 Å². The quantitative estimate of drug-likeness (QED) is 0.165. The summed E-state index contributed by atoms with van der Waals surface area (Å²) in [5, 5.41) is 3.67. The van der Waals surface area contributed by atoms with Crippen LogP contribution < -0.4 is 5.32 Å². The molecule has 0 unspecified atom stereocenters. The summed E-state index contributed by atoms with van der Waals surface area (Å²) in [6, 6.07) is 8.92. The van der Waals surface area contributed by atoms with Gasteiger partial charge in [-0.15, -0.1) is 24.8 Å². The Bertz CT molecular complexity index is 1790. The largest absolute Gasteiger partial charge is 0.465 e. The minimum absolute atomic E-state index is 0. The first-order chi connectivity index (χ1) is 29.7. The highest BCUT2D eigenvalue weighted by Crippen LogP contribution is 2.42. The van der Waals surface area contributed by atoms with Crippen LogP contribution in [0, 0.1) is 10.8 Å². The smallest absolute Gasteiger partial charge is 0.320 e. The average Bonchev–Trinajstić information content (AvgIpc) is 3.75. The number of nitrogens with zero attached hydrogens (tertiary/aromatic N) is 5. The van der Waals surface area contributed by atoms with Gasteiger partial charge in [-0.25, -0.2) is 0 Å². The minimum Gasteiger partial charge on any atom is -0.465 e. The molecule has 6 heterocycles. The van der Waals surface area contributed by atoms with Crippen molar-refractivity contribution in [1.29, 1.82) is 0 Å². The van der Waals surface area contributed by atoms with Gasteiger partial charge in [0.2, 0.25) is 11.8 Å². The molecule has 12 nitrogen and oxygen atoms in total. The first-order valence-electron chi connectivity index (χ1n) is 23.5. The second kappa shape index (κ2) is 26.3. The number of carbonyl (C=O) groups is 4. The molecule has 2 aromatic heterocycles. The lowest BCUT2D eigenvalue weighted by atomic mass is 9.77. The Morgan fingerprint density at radius 1 is 0.651 bits per heavy atom. The van der Waals surface area contributed by atoms with Crippen molar-refractivity contribution in [2.24, 2.45) is 10.8 Å². The van der Waals surface area contributed by atoms with Crippen molar-refractivity contribution in [2.75, 3.05) is 77.4 Å². The van der Waals surface area contributed by atoms with Gasteiger partial charge in [0.1, 0.15) is 5.33 Å². The van der Waals surface area contributed by atoms with Crippen molar-refractivity contribution in [3.63, 3.8) is 0 Å². The number of aryl methyl sites for hydroxylation is 6. The first kappa shape index (κ1) is 52.8. The summed E-state index contributed by atoms with van der Waals surface area (Å²) >= 11 is 2.94. The summed E-state index contributed by atoms with van der Waals surface area (Å²) < 4.78 is 9.56. The third-order valence-electron chi connectivity index (χ3n) is 13.8. The maximum Gasteiger partial charge on any atom is 0.320 e. The lowest BCUT2D eigenvalue weighted by Gasteiger charge is -2.37. The number of esters is 2. The van der Waals surface area contributed by atoms with Crippen LogP contribution in [-0.4, -0.2) is 126 Å². The van der Waals surface area contributed by atoms with Gasteiger partial charge < -0.3 is 24.6 Å². The summed E-state index contributed by atoms with van der Waals surface area (Å²) in [6.07, 6.45) is 19.5. The van der Waals surface area contributed by atoms with E-state index in [1.807, 2.05) is 6.92 Å². The third-order valence-corrected chi connectivity index (χ3v) is 14.3. The summed E-state index contributed by atoms with van der Waals surface area (Å²) in [5.74, 6) is 0.380. The number of amides is 2. The molecule has 0 saturated carbocycles. The summed E-state index contributed by atoms with van der Waals surface area (Å²) in [4.78, 5) is 63.9. The fourth-order valence-corrected chi connectivity index (χ4v) is 10.4. The number of hydrogen-bond acceptors (Lipinski definition) is 10. The van der Waals surface area contributed by atoms with E-state index >= 15 is 0 Å². The number of carbonyl (C=O) groups excluding carboxylic acids is 4. The van der Waals surface area contributed by atoms with E-state index in [1.54, 1.807) is 6.92 Å². The molecule has 63 heavy (non-hydrogen) atoms. The average molecular weight is 981 g/mol. The Kier molecular flexibility index (Phi) is 22.1. The van der Waals surface area contributed by atoms with Crippen LogP contribution in [0.4, 0.5) is 0 Å². The van der Waals surface area contributed by atoms with Gasteiger partial charge in [0.05, 0.1) is 30.6 Å². The zero-order valence-electron chi connectivity index (χ0n) is 37.9. The van der Waals surface area contributed by atoms with Crippen molar-refractivity contribution >= 4 is 64.5 Å². The predicted octanol–water partition coefficient (Wildman–Crippen LogP) is 7.05. The van der Waals surface area contributed by atoms with Crippen molar-refractivity contribution in [3.05, 3.63) is 58.2 Å². The molecule has 2 aromatic rings. The Morgan fingerprint density at radius 3 is 1.56 bits per heavy atom. The molecule has 0 radical (unpaired) electrons. The SMILES string of the molecule is CCOC(=O)CBr.CCOC(=O)CN1CCC2(CC1)CCN(CCCc1ccc3c(n1)CCCC3)C2=O.Cl.Cl.O=C1N(CCCc2ccc3c(n2)CCCC3)CCC12CCNCC2. The number of hydrogen-bond donors (Lipinski definition) is 1. The van der Waals surface area contributed by atoms with Gasteiger partial charge in [-0.05, 0) is 179 Å². The van der Waals surface area contributed by atoms with Crippen molar-refractivity contribution < 1.29 is 28.7 Å². The number of nitrogens with one attached hydrogen (secondary N) is 1. The number of ether oxygens (including phenoxy) is 2. The molecule has 15 heteroatoms. The second-order valence-corrected chi connectivity index (χ2v) is 18.4. The first-order valence-corrected chi connectivity index (χ1v) is 24.6. The molecule has 2 spiro atoms. The minimum atomic E-state index is -0.206. The Morgan fingerprint density at radius 2 is 1.10 bits per heavy atom. The number of rotatable bonds is 13. The third kappa shape index (κ3) is 14.6. The zero-order valence-corrected chi connectivity index (χ0v) is 41.1. The van der Waals surface area contributed by atoms with Crippen molar-refractivity contribution in [2.45, 2.75) is 129 Å². The molecule has 0 atom stereocenters. The van der Waals surface area contributed by atoms with Crippen LogP contribution in [0.15, 0.2) is 24.3 Å². The topological polar surface area (TPSA) is 134 Å². The van der Waals surface area contributed by atoms with Crippen molar-refractivity contribution in [1.82, 2.24) is 30.0 Å². The van der Waals surface area contributed by atoms with Crippen molar-refractivity contribution in [3.8, 4) is 0 Å². The normalized spacial score (nSPS) is 19.7. The lowest BCUT2D eigenvalue weighted by molar-refractivity contribution is -0.146. The van der Waals surface area contributed by atoms with E-state index in [2.05, 4.69) is 64.9 Å². The summed E-state index contributed by atoms with van der Waals surface area (Å²) in [5.41, 5.74) is 7.64.